The molecule has 30 heteroatoms. The third-order valence-corrected chi connectivity index (χ3v) is 20.3. The maximum atomic E-state index is 13.0. The fourth-order valence-corrected chi connectivity index (χ4v) is 15.1. The van der Waals surface area contributed by atoms with Crippen LogP contribution in [0.3, 0.4) is 0 Å². The lowest BCUT2D eigenvalue weighted by Gasteiger charge is -2.25. The van der Waals surface area contributed by atoms with Crippen LogP contribution in [0.5, 0.6) is 0 Å². The van der Waals surface area contributed by atoms with Crippen molar-refractivity contribution in [3.8, 4) is 11.8 Å². The molecule has 0 spiro atoms. The summed E-state index contributed by atoms with van der Waals surface area (Å²) in [6, 6.07) is 8.91. The number of hydrogen-bond donors (Lipinski definition) is 8. The number of rotatable bonds is 21. The summed E-state index contributed by atoms with van der Waals surface area (Å²) in [7, 11) is -24.9. The number of aliphatic hydroxyl groups is 1. The maximum absolute atomic E-state index is 13.0. The van der Waals surface area contributed by atoms with Gasteiger partial charge in [-0.2, -0.15) is 13.0 Å². The molecule has 4 aromatic rings. The van der Waals surface area contributed by atoms with Crippen LogP contribution in [0.25, 0.3) is 11.0 Å². The highest BCUT2D eigenvalue weighted by Crippen LogP contribution is 2.65. The van der Waals surface area contributed by atoms with Gasteiger partial charge in [0.2, 0.25) is 11.6 Å². The maximum Gasteiger partial charge on any atom is 0.479 e. The Bertz CT molecular complexity index is 3600. The van der Waals surface area contributed by atoms with Gasteiger partial charge in [0.1, 0.15) is 46.8 Å². The molecule has 3 aliphatic rings. The molecule has 0 radical (unpaired) electrons. The van der Waals surface area contributed by atoms with Gasteiger partial charge in [-0.3, -0.25) is 23.0 Å². The quantitative estimate of drug-likeness (QED) is 0.0133. The summed E-state index contributed by atoms with van der Waals surface area (Å²) < 4.78 is 124. The number of carbonyl (C=O) groups is 1. The lowest BCUT2D eigenvalue weighted by atomic mass is 9.81. The molecule has 5 heterocycles. The number of hydrogen-bond acceptors (Lipinski definition) is 17. The molecule has 5 atom stereocenters. The number of nitrogen functional groups attached to an aromatic ring is 1. The first-order chi connectivity index (χ1) is 36.2. The highest BCUT2D eigenvalue weighted by Gasteiger charge is 2.46. The van der Waals surface area contributed by atoms with Crippen LogP contribution in [0, 0.1) is 11.8 Å². The van der Waals surface area contributed by atoms with Crippen molar-refractivity contribution < 1.29 is 87.3 Å². The number of anilines is 2. The van der Waals surface area contributed by atoms with Crippen LogP contribution in [0.15, 0.2) is 94.8 Å². The molecule has 1 amide bonds. The smallest absolute Gasteiger partial charge is 0.479 e. The molecule has 2 aromatic heterocycles. The highest BCUT2D eigenvalue weighted by atomic mass is 32.2. The van der Waals surface area contributed by atoms with E-state index >= 15 is 0 Å². The number of benzene rings is 2. The molecule has 0 aliphatic carbocycles. The Morgan fingerprint density at radius 2 is 1.69 bits per heavy atom. The third-order valence-electron chi connectivity index (χ3n) is 13.4. The van der Waals surface area contributed by atoms with Crippen LogP contribution in [-0.4, -0.2) is 126 Å². The molecule has 0 saturated carbocycles. The van der Waals surface area contributed by atoms with Gasteiger partial charge in [-0.05, 0) is 75.6 Å². The second-order valence-corrected chi connectivity index (χ2v) is 28.0. The number of phosphoric acid groups is 1. The molecule has 2 unspecified atom stereocenters. The van der Waals surface area contributed by atoms with Gasteiger partial charge < -0.3 is 54.5 Å². The van der Waals surface area contributed by atoms with Crippen LogP contribution >= 0.6 is 23.0 Å². The molecule has 78 heavy (non-hydrogen) atoms. The second kappa shape index (κ2) is 23.1. The number of fused-ring (bicyclic) bond motifs is 3. The average Bonchev–Trinajstić information content (AvgIpc) is 4.05. The van der Waals surface area contributed by atoms with Crippen molar-refractivity contribution in [1.82, 2.24) is 19.9 Å². The van der Waals surface area contributed by atoms with Gasteiger partial charge in [0.25, 0.3) is 10.1 Å². The number of likely N-dealkylation sites (N-methyl/N-ethyl adjacent to an activating group) is 1. The predicted molar refractivity (Wildman–Crippen MR) is 284 cm³/mol. The van der Waals surface area contributed by atoms with Gasteiger partial charge in [0.15, 0.2) is 11.6 Å². The molecule has 0 bridgehead atoms. The number of aromatic nitrogens is 3. The number of amides is 1. The number of allylic oxidation sites excluding steroid dienone is 6. The zero-order valence-electron chi connectivity index (χ0n) is 42.9. The summed E-state index contributed by atoms with van der Waals surface area (Å²) in [6.45, 7) is 10.0. The highest BCUT2D eigenvalue weighted by molar-refractivity contribution is 7.86. The van der Waals surface area contributed by atoms with E-state index in [0.29, 0.717) is 48.9 Å². The molecule has 25 nitrogen and oxygen atoms in total. The Hall–Kier alpha value is -5.23. The van der Waals surface area contributed by atoms with Crippen LogP contribution in [0.1, 0.15) is 89.6 Å². The summed E-state index contributed by atoms with van der Waals surface area (Å²) in [5, 5.41) is 13.8. The van der Waals surface area contributed by atoms with Gasteiger partial charge in [-0.1, -0.05) is 43.9 Å². The van der Waals surface area contributed by atoms with Crippen LogP contribution in [-0.2, 0) is 63.1 Å². The minimum Gasteiger partial charge on any atom is -0.744 e. The molecule has 7 rings (SSSR count). The lowest BCUT2D eigenvalue weighted by Crippen LogP contribution is -2.28. The van der Waals surface area contributed by atoms with Crippen molar-refractivity contribution in [1.29, 1.82) is 0 Å². The summed E-state index contributed by atoms with van der Waals surface area (Å²) in [6.07, 6.45) is 10.5. The van der Waals surface area contributed by atoms with Gasteiger partial charge in [0.05, 0.1) is 45.4 Å². The standard InChI is InChI=1S/C48H60N7O18P3S2/c1-6-53-36-20-18-32(77(65,66)67)24-34(36)47(2,3)40(53)15-9-7-10-16-41-48(4,5)35-25-33(78(68,69)70)19-21-37(35)54(41)23-12-8-11-17-42(57)50-22-13-14-31-27-55(46-44(31)45(49)51-29-52-46)43-26-38(56)39(72-43)28-71-76(63,64)73-75(61,62)30-74(58,59)60/h7,9-10,15-16,18-21,24-25,27,29,38-39,43,56H,6,8,11-12,17,22-23,26,28,30H2,1-5H3,(H8-,49,50,51,52,57,58,59,60,61,62,63,64,65,66,67,68,69,70)/t38-,39-,43-/m1/s1. The van der Waals surface area contributed by atoms with Gasteiger partial charge >= 0.3 is 23.0 Å². The van der Waals surface area contributed by atoms with E-state index in [9.17, 15) is 59.3 Å². The second-order valence-electron chi connectivity index (χ2n) is 19.6. The fourth-order valence-electron chi connectivity index (χ4n) is 9.74. The van der Waals surface area contributed by atoms with Crippen molar-refractivity contribution in [2.75, 3.05) is 42.8 Å². The Labute approximate surface area is 450 Å². The first-order valence-corrected chi connectivity index (χ1v) is 32.1. The zero-order chi connectivity index (χ0) is 57.4. The molecule has 9 N–H and O–H groups in total. The van der Waals surface area contributed by atoms with Crippen LogP contribution in [0.4, 0.5) is 17.2 Å². The lowest BCUT2D eigenvalue weighted by molar-refractivity contribution is -0.438. The Morgan fingerprint density at radius 1 is 0.987 bits per heavy atom. The molecule has 3 aliphatic heterocycles. The van der Waals surface area contributed by atoms with E-state index in [1.807, 2.05) is 65.0 Å². The van der Waals surface area contributed by atoms with Crippen molar-refractivity contribution >= 4 is 83.1 Å². The largest absolute Gasteiger partial charge is 0.744 e. The summed E-state index contributed by atoms with van der Waals surface area (Å²) in [5.41, 5.74) is 10.2. The molecular formula is C48H60N7O18P3S2. The van der Waals surface area contributed by atoms with E-state index in [1.165, 1.54) is 41.4 Å². The number of phosphoric ester groups is 1. The van der Waals surface area contributed by atoms with E-state index < -0.39 is 85.0 Å². The average molecular weight is 1180 g/mol. The minimum absolute atomic E-state index is 0.0468. The SMILES string of the molecule is CCN1\C(=C/C=C/C=C/C2=[N+](CCCCCC(=O)NCC#Cc3cn([C@H]4C[C@@H](O)[C@@H](COP(=O)(O)OP(=O)(O)CP(=O)(O)O)O4)c4ncnc(N)c34)c3ccc(S(=O)(=O)O)cc3C2(C)C)C(C)(C)c2cc(S(=O)(=O)[O-])ccc21. The topological polar surface area (TPSA) is 384 Å². The number of nitrogens with two attached hydrogens (primary N) is 1. The van der Waals surface area contributed by atoms with E-state index in [0.717, 1.165) is 28.3 Å². The normalized spacial score (nSPS) is 21.3. The first kappa shape index (κ1) is 60.4. The minimum atomic E-state index is -5.37. The number of unbranched alkanes of at least 4 members (excludes halogenated alkanes) is 2. The number of aliphatic hydroxyl groups excluding tert-OH is 1. The van der Waals surface area contributed by atoms with E-state index in [4.69, 9.17) is 24.8 Å². The molecule has 422 valence electrons. The number of ether oxygens (including phenoxy) is 1. The molecule has 1 fully saturated rings. The molecule has 1 saturated heterocycles. The number of carbonyl (C=O) groups excluding carboxylic acids is 1. The monoisotopic (exact) mass is 1180 g/mol. The molecular weight excluding hydrogens is 1120 g/mol. The van der Waals surface area contributed by atoms with Crippen molar-refractivity contribution in [2.24, 2.45) is 0 Å². The third kappa shape index (κ3) is 13.8. The van der Waals surface area contributed by atoms with E-state index in [-0.39, 0.29) is 46.5 Å². The van der Waals surface area contributed by atoms with Crippen LogP contribution < -0.4 is 16.0 Å². The fraction of sp³-hybridized carbons (Fsp3) is 0.417. The van der Waals surface area contributed by atoms with Crippen molar-refractivity contribution in [3.05, 3.63) is 102 Å². The van der Waals surface area contributed by atoms with Gasteiger partial charge in [0, 0.05) is 66.5 Å². The summed E-state index contributed by atoms with van der Waals surface area (Å²) in [4.78, 5) is 60.3. The zero-order valence-corrected chi connectivity index (χ0v) is 47.2. The Balaban J connectivity index is 0.966. The van der Waals surface area contributed by atoms with Crippen molar-refractivity contribution in [3.63, 3.8) is 0 Å². The van der Waals surface area contributed by atoms with Crippen LogP contribution in [0.2, 0.25) is 0 Å². The number of nitrogens with zero attached hydrogens (tertiary/aromatic N) is 5. The summed E-state index contributed by atoms with van der Waals surface area (Å²) >= 11 is 0. The summed E-state index contributed by atoms with van der Waals surface area (Å²) in [5.74, 6) is 3.90. The van der Waals surface area contributed by atoms with E-state index in [1.54, 1.807) is 12.1 Å². The Morgan fingerprint density at radius 3 is 2.37 bits per heavy atom. The van der Waals surface area contributed by atoms with Crippen molar-refractivity contribution in [2.45, 2.75) is 106 Å². The first-order valence-electron chi connectivity index (χ1n) is 24.2. The number of nitrogens with one attached hydrogen (secondary N) is 1. The van der Waals surface area contributed by atoms with Gasteiger partial charge in [-0.25, -0.2) is 27.3 Å². The predicted octanol–water partition coefficient (Wildman–Crippen LogP) is 5.19. The molecule has 2 aromatic carbocycles. The Kier molecular flexibility index (Phi) is 17.9. The van der Waals surface area contributed by atoms with Gasteiger partial charge in [-0.15, -0.1) is 0 Å². The van der Waals surface area contributed by atoms with E-state index in [2.05, 4.69) is 40.9 Å².